The summed E-state index contributed by atoms with van der Waals surface area (Å²) < 4.78 is 40.6. The first-order valence-corrected chi connectivity index (χ1v) is 10.2. The molecule has 0 radical (unpaired) electrons. The van der Waals surface area contributed by atoms with Gasteiger partial charge in [0, 0.05) is 35.5 Å². The molecule has 0 atom stereocenters. The molecule has 1 aliphatic heterocycles. The summed E-state index contributed by atoms with van der Waals surface area (Å²) in [5, 5.41) is 0.821. The highest BCUT2D eigenvalue weighted by Crippen LogP contribution is 2.44. The Hall–Kier alpha value is -3.36. The maximum atomic E-state index is 15.2. The molecule has 1 saturated carbocycles. The fourth-order valence-corrected chi connectivity index (χ4v) is 4.68. The van der Waals surface area contributed by atoms with E-state index in [0.29, 0.717) is 5.65 Å². The Morgan fingerprint density at radius 1 is 1.10 bits per heavy atom. The number of hydrogen-bond donors (Lipinski definition) is 1. The van der Waals surface area contributed by atoms with Crippen LogP contribution in [0.5, 0.6) is 11.5 Å². The van der Waals surface area contributed by atoms with E-state index in [0.717, 1.165) is 53.3 Å². The maximum absolute atomic E-state index is 15.2. The molecule has 1 aliphatic carbocycles. The average molecular weight is 428 g/mol. The summed E-state index contributed by atoms with van der Waals surface area (Å²) >= 11 is 0. The fraction of sp³-hybridized carbons (Fsp3) is 0.364. The minimum Gasteiger partial charge on any atom is -0.493 e. The van der Waals surface area contributed by atoms with Gasteiger partial charge in [-0.2, -0.15) is 0 Å². The zero-order chi connectivity index (χ0) is 21.7. The SMILES string of the molecule is COc1cc(OC)c(F)c(N2Cc3cnc4[nH]ccc4c3N(C3CCCC3)C2=O)c1F. The van der Waals surface area contributed by atoms with E-state index in [-0.39, 0.29) is 24.1 Å². The first-order chi connectivity index (χ1) is 15.0. The molecule has 3 aromatic rings. The first-order valence-electron chi connectivity index (χ1n) is 10.2. The number of H-pyrrole nitrogens is 1. The third kappa shape index (κ3) is 2.90. The van der Waals surface area contributed by atoms with Gasteiger partial charge in [-0.3, -0.25) is 9.80 Å². The molecule has 0 bridgehead atoms. The molecule has 2 aromatic heterocycles. The second kappa shape index (κ2) is 7.40. The zero-order valence-electron chi connectivity index (χ0n) is 17.2. The Kier molecular flexibility index (Phi) is 4.68. The van der Waals surface area contributed by atoms with E-state index in [4.69, 9.17) is 9.47 Å². The molecule has 2 amide bonds. The predicted molar refractivity (Wildman–Crippen MR) is 112 cm³/mol. The number of nitrogens with zero attached hydrogens (tertiary/aromatic N) is 3. The number of ether oxygens (including phenoxy) is 2. The predicted octanol–water partition coefficient (Wildman–Crippen LogP) is 4.75. The van der Waals surface area contributed by atoms with Crippen molar-refractivity contribution in [1.29, 1.82) is 0 Å². The van der Waals surface area contributed by atoms with Crippen LogP contribution in [-0.2, 0) is 6.54 Å². The summed E-state index contributed by atoms with van der Waals surface area (Å²) in [6.45, 7) is -0.0182. The standard InChI is InChI=1S/C22H22F2N4O3/c1-30-15-9-16(31-2)18(24)20(17(15)23)27-11-12-10-26-21-14(7-8-25-21)19(12)28(22(27)29)13-5-3-4-6-13/h7-10,13H,3-6,11H2,1-2H3,(H,25,26). The third-order valence-corrected chi connectivity index (χ3v) is 6.15. The normalized spacial score (nSPS) is 16.8. The van der Waals surface area contributed by atoms with Crippen LogP contribution in [0.4, 0.5) is 25.0 Å². The Morgan fingerprint density at radius 3 is 2.42 bits per heavy atom. The second-order valence-corrected chi connectivity index (χ2v) is 7.81. The number of aromatic nitrogens is 2. The number of fused-ring (bicyclic) bond motifs is 3. The van der Waals surface area contributed by atoms with Crippen LogP contribution in [0.25, 0.3) is 11.0 Å². The Labute approximate surface area is 177 Å². The minimum atomic E-state index is -0.945. The number of nitrogens with one attached hydrogen (secondary N) is 1. The molecule has 31 heavy (non-hydrogen) atoms. The Bertz CT molecular complexity index is 1150. The van der Waals surface area contributed by atoms with Crippen molar-refractivity contribution < 1.29 is 23.0 Å². The lowest BCUT2D eigenvalue weighted by molar-refractivity contribution is 0.247. The van der Waals surface area contributed by atoms with E-state index in [1.165, 1.54) is 14.2 Å². The van der Waals surface area contributed by atoms with Gasteiger partial charge in [0.15, 0.2) is 23.1 Å². The number of anilines is 2. The van der Waals surface area contributed by atoms with Gasteiger partial charge in [-0.25, -0.2) is 18.6 Å². The molecule has 7 nitrogen and oxygen atoms in total. The van der Waals surface area contributed by atoms with Crippen molar-refractivity contribution in [2.45, 2.75) is 38.3 Å². The highest BCUT2D eigenvalue weighted by Gasteiger charge is 2.41. The summed E-state index contributed by atoms with van der Waals surface area (Å²) in [7, 11) is 2.56. The summed E-state index contributed by atoms with van der Waals surface area (Å²) in [5.74, 6) is -2.28. The molecule has 5 rings (SSSR count). The van der Waals surface area contributed by atoms with Crippen LogP contribution >= 0.6 is 0 Å². The van der Waals surface area contributed by atoms with Crippen molar-refractivity contribution in [2.75, 3.05) is 24.0 Å². The van der Waals surface area contributed by atoms with Crippen LogP contribution in [-0.4, -0.2) is 36.3 Å². The molecule has 0 saturated heterocycles. The number of benzene rings is 1. The molecule has 1 aromatic carbocycles. The Balaban J connectivity index is 1.72. The number of rotatable bonds is 4. The van der Waals surface area contributed by atoms with E-state index < -0.39 is 23.4 Å². The van der Waals surface area contributed by atoms with Gasteiger partial charge < -0.3 is 14.5 Å². The van der Waals surface area contributed by atoms with Gasteiger partial charge >= 0.3 is 6.03 Å². The number of carbonyl (C=O) groups excluding carboxylic acids is 1. The van der Waals surface area contributed by atoms with Crippen LogP contribution < -0.4 is 19.3 Å². The van der Waals surface area contributed by atoms with Gasteiger partial charge in [0.05, 0.1) is 26.5 Å². The molecule has 162 valence electrons. The quantitative estimate of drug-likeness (QED) is 0.651. The van der Waals surface area contributed by atoms with E-state index in [1.54, 1.807) is 17.3 Å². The molecular weight excluding hydrogens is 406 g/mol. The van der Waals surface area contributed by atoms with Gasteiger partial charge in [-0.15, -0.1) is 0 Å². The highest BCUT2D eigenvalue weighted by atomic mass is 19.1. The van der Waals surface area contributed by atoms with Crippen molar-refractivity contribution in [3.63, 3.8) is 0 Å². The van der Waals surface area contributed by atoms with Gasteiger partial charge in [-0.1, -0.05) is 12.8 Å². The lowest BCUT2D eigenvalue weighted by Crippen LogP contribution is -2.52. The van der Waals surface area contributed by atoms with Crippen molar-refractivity contribution >= 4 is 28.4 Å². The summed E-state index contributed by atoms with van der Waals surface area (Å²) in [4.78, 5) is 24.1. The number of amides is 2. The topological polar surface area (TPSA) is 70.7 Å². The van der Waals surface area contributed by atoms with Gasteiger partial charge in [-0.05, 0) is 18.9 Å². The summed E-state index contributed by atoms with van der Waals surface area (Å²) in [6.07, 6.45) is 7.09. The molecule has 0 unspecified atom stereocenters. The Morgan fingerprint density at radius 2 is 1.77 bits per heavy atom. The number of urea groups is 1. The first kappa shape index (κ1) is 19.6. The molecule has 3 heterocycles. The van der Waals surface area contributed by atoms with E-state index in [1.807, 2.05) is 6.07 Å². The lowest BCUT2D eigenvalue weighted by atomic mass is 10.0. The van der Waals surface area contributed by atoms with Gasteiger partial charge in [0.25, 0.3) is 0 Å². The van der Waals surface area contributed by atoms with Crippen molar-refractivity contribution in [3.8, 4) is 11.5 Å². The number of carbonyl (C=O) groups is 1. The van der Waals surface area contributed by atoms with Crippen LogP contribution in [0.15, 0.2) is 24.5 Å². The number of pyridine rings is 1. The molecular formula is C22H22F2N4O3. The number of halogens is 2. The second-order valence-electron chi connectivity index (χ2n) is 7.81. The van der Waals surface area contributed by atoms with E-state index in [9.17, 15) is 4.79 Å². The molecule has 0 spiro atoms. The van der Waals surface area contributed by atoms with Crippen molar-refractivity contribution in [3.05, 3.63) is 41.7 Å². The van der Waals surface area contributed by atoms with Crippen LogP contribution in [0.2, 0.25) is 0 Å². The smallest absolute Gasteiger partial charge is 0.329 e. The molecule has 1 N–H and O–H groups in total. The van der Waals surface area contributed by atoms with Crippen molar-refractivity contribution in [2.24, 2.45) is 0 Å². The van der Waals surface area contributed by atoms with E-state index in [2.05, 4.69) is 9.97 Å². The van der Waals surface area contributed by atoms with Crippen LogP contribution in [0.3, 0.4) is 0 Å². The largest absolute Gasteiger partial charge is 0.493 e. The van der Waals surface area contributed by atoms with Crippen LogP contribution in [0.1, 0.15) is 31.2 Å². The van der Waals surface area contributed by atoms with E-state index >= 15 is 8.78 Å². The van der Waals surface area contributed by atoms with Gasteiger partial charge in [0.2, 0.25) is 0 Å². The lowest BCUT2D eigenvalue weighted by Gasteiger charge is -2.40. The maximum Gasteiger partial charge on any atom is 0.329 e. The zero-order valence-corrected chi connectivity index (χ0v) is 17.2. The molecule has 1 fully saturated rings. The summed E-state index contributed by atoms with van der Waals surface area (Å²) in [6, 6.07) is 2.49. The number of hydrogen-bond acceptors (Lipinski definition) is 4. The number of aromatic amines is 1. The minimum absolute atomic E-state index is 0.0182. The molecule has 9 heteroatoms. The average Bonchev–Trinajstić information content (AvgIpc) is 3.46. The van der Waals surface area contributed by atoms with Crippen molar-refractivity contribution in [1.82, 2.24) is 9.97 Å². The molecule has 2 aliphatic rings. The summed E-state index contributed by atoms with van der Waals surface area (Å²) in [5.41, 5.74) is 1.67. The highest BCUT2D eigenvalue weighted by molar-refractivity contribution is 6.11. The van der Waals surface area contributed by atoms with Gasteiger partial charge in [0.1, 0.15) is 11.3 Å². The monoisotopic (exact) mass is 428 g/mol. The van der Waals surface area contributed by atoms with Crippen LogP contribution in [0, 0.1) is 11.6 Å². The third-order valence-electron chi connectivity index (χ3n) is 6.15. The fourth-order valence-electron chi connectivity index (χ4n) is 4.68. The number of methoxy groups -OCH3 is 2.